The molecule has 3 nitrogen and oxygen atoms in total. The van der Waals surface area contributed by atoms with Crippen LogP contribution in [0.5, 0.6) is 5.75 Å². The van der Waals surface area contributed by atoms with E-state index in [0.717, 1.165) is 17.5 Å². The quantitative estimate of drug-likeness (QED) is 0.613. The van der Waals surface area contributed by atoms with Gasteiger partial charge in [0.15, 0.2) is 0 Å². The zero-order chi connectivity index (χ0) is 13.5. The monoisotopic (exact) mass is 256 g/mol. The average Bonchev–Trinajstić information content (AvgIpc) is 2.47. The third kappa shape index (κ3) is 3.85. The molecule has 0 aliphatic carbocycles. The van der Waals surface area contributed by atoms with Gasteiger partial charge in [-0.3, -0.25) is 0 Å². The molecule has 2 aromatic rings. The highest BCUT2D eigenvalue weighted by Gasteiger charge is 2.09. The van der Waals surface area contributed by atoms with Gasteiger partial charge in [0, 0.05) is 0 Å². The van der Waals surface area contributed by atoms with Crippen molar-refractivity contribution in [2.45, 2.75) is 20.0 Å². The number of aryl methyl sites for hydroxylation is 1. The fourth-order valence-corrected chi connectivity index (χ4v) is 1.73. The van der Waals surface area contributed by atoms with E-state index in [2.05, 4.69) is 0 Å². The molecule has 19 heavy (non-hydrogen) atoms. The van der Waals surface area contributed by atoms with Crippen molar-refractivity contribution in [2.24, 2.45) is 0 Å². The molecule has 0 atom stereocenters. The molecule has 0 N–H and O–H groups in total. The van der Waals surface area contributed by atoms with Crippen LogP contribution < -0.4 is 4.74 Å². The van der Waals surface area contributed by atoms with Gasteiger partial charge < -0.3 is 9.47 Å². The number of ether oxygens (including phenoxy) is 2. The lowest BCUT2D eigenvalue weighted by molar-refractivity contribution is 0.0924. The fourth-order valence-electron chi connectivity index (χ4n) is 1.73. The third-order valence-corrected chi connectivity index (χ3v) is 2.75. The fraction of sp³-hybridized carbons (Fsp3) is 0.188. The molecule has 0 radical (unpaired) electrons. The van der Waals surface area contributed by atoms with Crippen LogP contribution >= 0.6 is 0 Å². The summed E-state index contributed by atoms with van der Waals surface area (Å²) in [5.74, 6) is 0.558. The average molecular weight is 256 g/mol. The Bertz CT molecular complexity index is 535. The molecular weight excluding hydrogens is 240 g/mol. The maximum absolute atomic E-state index is 11.6. The number of carbonyl (C=O) groups is 1. The van der Waals surface area contributed by atoms with Crippen molar-refractivity contribution in [3.05, 3.63) is 65.7 Å². The number of benzene rings is 2. The van der Waals surface area contributed by atoms with Crippen molar-refractivity contribution in [1.29, 1.82) is 0 Å². The van der Waals surface area contributed by atoms with E-state index in [1.807, 2.05) is 55.5 Å². The summed E-state index contributed by atoms with van der Waals surface area (Å²) in [6.45, 7) is 2.23. The molecule has 0 bridgehead atoms. The molecule has 0 amide bonds. The van der Waals surface area contributed by atoms with Gasteiger partial charge in [0.1, 0.15) is 12.4 Å². The summed E-state index contributed by atoms with van der Waals surface area (Å²) >= 11 is 0. The van der Waals surface area contributed by atoms with Gasteiger partial charge in [0.05, 0.1) is 0 Å². The number of rotatable bonds is 4. The van der Waals surface area contributed by atoms with Crippen LogP contribution in [0.1, 0.15) is 18.1 Å². The van der Waals surface area contributed by atoms with Crippen molar-refractivity contribution in [2.75, 3.05) is 0 Å². The van der Waals surface area contributed by atoms with Gasteiger partial charge >= 0.3 is 6.16 Å². The smallest absolute Gasteiger partial charge is 0.429 e. The van der Waals surface area contributed by atoms with Gasteiger partial charge in [-0.1, -0.05) is 55.5 Å². The predicted molar refractivity (Wildman–Crippen MR) is 73.1 cm³/mol. The molecular formula is C16H16O3. The normalized spacial score (nSPS) is 9.95. The Morgan fingerprint density at radius 3 is 2.42 bits per heavy atom. The van der Waals surface area contributed by atoms with E-state index < -0.39 is 6.16 Å². The van der Waals surface area contributed by atoms with Gasteiger partial charge in [-0.15, -0.1) is 0 Å². The largest absolute Gasteiger partial charge is 0.514 e. The summed E-state index contributed by atoms with van der Waals surface area (Å²) < 4.78 is 10.3. The van der Waals surface area contributed by atoms with E-state index in [1.54, 1.807) is 6.07 Å². The van der Waals surface area contributed by atoms with Crippen LogP contribution in [0.2, 0.25) is 0 Å². The van der Waals surface area contributed by atoms with Gasteiger partial charge in [0.2, 0.25) is 0 Å². The molecule has 0 fully saturated rings. The minimum atomic E-state index is -0.676. The number of hydrogen-bond donors (Lipinski definition) is 0. The van der Waals surface area contributed by atoms with Crippen LogP contribution in [-0.2, 0) is 17.8 Å². The summed E-state index contributed by atoms with van der Waals surface area (Å²) in [4.78, 5) is 11.6. The minimum Gasteiger partial charge on any atom is -0.429 e. The lowest BCUT2D eigenvalue weighted by Gasteiger charge is -2.08. The summed E-state index contributed by atoms with van der Waals surface area (Å²) in [5, 5.41) is 0. The number of carbonyl (C=O) groups excluding carboxylic acids is 1. The molecule has 0 spiro atoms. The third-order valence-electron chi connectivity index (χ3n) is 2.75. The second kappa shape index (κ2) is 6.59. The second-order valence-corrected chi connectivity index (χ2v) is 4.09. The van der Waals surface area contributed by atoms with Crippen molar-refractivity contribution in [1.82, 2.24) is 0 Å². The Morgan fingerprint density at radius 1 is 1.00 bits per heavy atom. The van der Waals surface area contributed by atoms with E-state index in [0.29, 0.717) is 5.75 Å². The molecule has 0 saturated carbocycles. The lowest BCUT2D eigenvalue weighted by Crippen LogP contribution is -2.11. The van der Waals surface area contributed by atoms with Crippen LogP contribution in [-0.4, -0.2) is 6.16 Å². The molecule has 0 saturated heterocycles. The molecule has 2 rings (SSSR count). The number of hydrogen-bond acceptors (Lipinski definition) is 3. The zero-order valence-corrected chi connectivity index (χ0v) is 10.8. The van der Waals surface area contributed by atoms with Gasteiger partial charge in [-0.05, 0) is 23.6 Å². The van der Waals surface area contributed by atoms with Gasteiger partial charge in [0.25, 0.3) is 0 Å². The first-order chi connectivity index (χ1) is 9.29. The SMILES string of the molecule is CCc1ccccc1OC(=O)OCc1ccccc1. The highest BCUT2D eigenvalue weighted by Crippen LogP contribution is 2.18. The summed E-state index contributed by atoms with van der Waals surface area (Å²) in [5.41, 5.74) is 1.92. The van der Waals surface area contributed by atoms with Crippen LogP contribution in [0.3, 0.4) is 0 Å². The molecule has 0 heterocycles. The zero-order valence-electron chi connectivity index (χ0n) is 10.8. The van der Waals surface area contributed by atoms with Gasteiger partial charge in [-0.25, -0.2) is 4.79 Å². The Hall–Kier alpha value is -2.29. The topological polar surface area (TPSA) is 35.5 Å². The first-order valence-corrected chi connectivity index (χ1v) is 6.26. The highest BCUT2D eigenvalue weighted by molar-refractivity contribution is 5.64. The summed E-state index contributed by atoms with van der Waals surface area (Å²) in [7, 11) is 0. The van der Waals surface area contributed by atoms with Crippen molar-refractivity contribution < 1.29 is 14.3 Å². The van der Waals surface area contributed by atoms with Crippen LogP contribution in [0.15, 0.2) is 54.6 Å². The van der Waals surface area contributed by atoms with Crippen molar-refractivity contribution >= 4 is 6.16 Å². The van der Waals surface area contributed by atoms with Crippen LogP contribution in [0.25, 0.3) is 0 Å². The molecule has 3 heteroatoms. The molecule has 2 aromatic carbocycles. The molecule has 0 aliphatic heterocycles. The standard InChI is InChI=1S/C16H16O3/c1-2-14-10-6-7-11-15(14)19-16(17)18-12-13-8-4-3-5-9-13/h3-11H,2,12H2,1H3. The highest BCUT2D eigenvalue weighted by atomic mass is 16.7. The van der Waals surface area contributed by atoms with Crippen molar-refractivity contribution in [3.63, 3.8) is 0 Å². The van der Waals surface area contributed by atoms with Crippen LogP contribution in [0, 0.1) is 0 Å². The van der Waals surface area contributed by atoms with E-state index in [4.69, 9.17) is 9.47 Å². The second-order valence-electron chi connectivity index (χ2n) is 4.09. The van der Waals surface area contributed by atoms with E-state index in [-0.39, 0.29) is 6.61 Å². The maximum Gasteiger partial charge on any atom is 0.514 e. The van der Waals surface area contributed by atoms with Crippen LogP contribution in [0.4, 0.5) is 4.79 Å². The van der Waals surface area contributed by atoms with Crippen molar-refractivity contribution in [3.8, 4) is 5.75 Å². The molecule has 0 aromatic heterocycles. The Balaban J connectivity index is 1.91. The Kier molecular flexibility index (Phi) is 4.56. The van der Waals surface area contributed by atoms with E-state index >= 15 is 0 Å². The first kappa shape index (κ1) is 13.1. The summed E-state index contributed by atoms with van der Waals surface area (Å²) in [6.07, 6.45) is 0.132. The number of para-hydroxylation sites is 1. The maximum atomic E-state index is 11.6. The summed E-state index contributed by atoms with van der Waals surface area (Å²) in [6, 6.07) is 17.0. The Morgan fingerprint density at radius 2 is 1.68 bits per heavy atom. The van der Waals surface area contributed by atoms with Gasteiger partial charge in [-0.2, -0.15) is 0 Å². The first-order valence-electron chi connectivity index (χ1n) is 6.26. The van der Waals surface area contributed by atoms with E-state index in [9.17, 15) is 4.79 Å². The Labute approximate surface area is 112 Å². The minimum absolute atomic E-state index is 0.216. The lowest BCUT2D eigenvalue weighted by atomic mass is 10.1. The van der Waals surface area contributed by atoms with E-state index in [1.165, 1.54) is 0 Å². The molecule has 0 aliphatic rings. The molecule has 98 valence electrons. The molecule has 0 unspecified atom stereocenters. The predicted octanol–water partition coefficient (Wildman–Crippen LogP) is 3.96.